The van der Waals surface area contributed by atoms with Gasteiger partial charge >= 0.3 is 5.97 Å². The molecule has 3 aromatic carbocycles. The Bertz CT molecular complexity index is 1150. The molecule has 0 amide bonds. The first-order valence-corrected chi connectivity index (χ1v) is 10.7. The molecular formula is C26H28FN3O3. The number of anilines is 1. The largest absolute Gasteiger partial charge is 0.489 e. The fraction of sp³-hybridized carbons (Fsp3) is 0.231. The Morgan fingerprint density at radius 3 is 2.58 bits per heavy atom. The molecule has 4 N–H and O–H groups in total. The van der Waals surface area contributed by atoms with Crippen molar-refractivity contribution in [3.8, 4) is 16.9 Å². The normalized spacial score (nSPS) is 10.5. The van der Waals surface area contributed by atoms with Gasteiger partial charge in [-0.05, 0) is 36.2 Å². The molecule has 7 heteroatoms. The van der Waals surface area contributed by atoms with E-state index in [1.165, 1.54) is 6.21 Å². The summed E-state index contributed by atoms with van der Waals surface area (Å²) in [6.45, 7) is 2.36. The van der Waals surface area contributed by atoms with Crippen LogP contribution in [0, 0.1) is 11.2 Å². The fourth-order valence-electron chi connectivity index (χ4n) is 3.65. The maximum absolute atomic E-state index is 15.1. The van der Waals surface area contributed by atoms with Gasteiger partial charge in [0.1, 0.15) is 18.2 Å². The minimum atomic E-state index is -0.400. The zero-order valence-electron chi connectivity index (χ0n) is 18.8. The van der Waals surface area contributed by atoms with E-state index >= 15 is 4.39 Å². The first-order valence-electron chi connectivity index (χ1n) is 10.7. The Morgan fingerprint density at radius 1 is 1.12 bits per heavy atom. The van der Waals surface area contributed by atoms with Crippen LogP contribution < -0.4 is 15.8 Å². The molecule has 0 bridgehead atoms. The van der Waals surface area contributed by atoms with Gasteiger partial charge < -0.3 is 25.9 Å². The van der Waals surface area contributed by atoms with Crippen molar-refractivity contribution in [1.82, 2.24) is 0 Å². The minimum absolute atomic E-state index is 0.0819. The van der Waals surface area contributed by atoms with Crippen LogP contribution in [0.4, 0.5) is 10.1 Å². The molecule has 3 aromatic rings. The lowest BCUT2D eigenvalue weighted by Crippen LogP contribution is -2.09. The molecule has 0 aliphatic rings. The smallest absolute Gasteiger partial charge is 0.310 e. The van der Waals surface area contributed by atoms with E-state index < -0.39 is 5.82 Å². The van der Waals surface area contributed by atoms with Crippen molar-refractivity contribution < 1.29 is 18.7 Å². The number of nitrogens with two attached hydrogens (primary N) is 1. The molecule has 0 aliphatic heterocycles. The van der Waals surface area contributed by atoms with Crippen LogP contribution in [0.3, 0.4) is 0 Å². The number of halogens is 1. The van der Waals surface area contributed by atoms with Crippen molar-refractivity contribution in [2.75, 3.05) is 19.0 Å². The number of carbonyl (C=O) groups is 1. The zero-order chi connectivity index (χ0) is 23.8. The van der Waals surface area contributed by atoms with Crippen LogP contribution >= 0.6 is 0 Å². The van der Waals surface area contributed by atoms with E-state index in [-0.39, 0.29) is 25.5 Å². The molecule has 0 aliphatic carbocycles. The Balaban J connectivity index is 1.96. The molecule has 0 saturated carbocycles. The van der Waals surface area contributed by atoms with Gasteiger partial charge in [-0.25, -0.2) is 4.39 Å². The van der Waals surface area contributed by atoms with E-state index in [9.17, 15) is 4.79 Å². The summed E-state index contributed by atoms with van der Waals surface area (Å²) in [4.78, 5) is 11.9. The van der Waals surface area contributed by atoms with Gasteiger partial charge in [0.2, 0.25) is 0 Å². The Labute approximate surface area is 193 Å². The van der Waals surface area contributed by atoms with Crippen LogP contribution in [0.5, 0.6) is 5.75 Å². The number of para-hydroxylation sites is 1. The summed E-state index contributed by atoms with van der Waals surface area (Å²) in [5.41, 5.74) is 9.79. The number of benzene rings is 3. The third-order valence-electron chi connectivity index (χ3n) is 5.25. The molecule has 0 atom stereocenters. The third kappa shape index (κ3) is 5.56. The van der Waals surface area contributed by atoms with E-state index in [0.29, 0.717) is 40.3 Å². The van der Waals surface area contributed by atoms with Crippen LogP contribution in [0.15, 0.2) is 54.6 Å². The molecule has 3 rings (SSSR count). The highest BCUT2D eigenvalue weighted by Gasteiger charge is 2.16. The van der Waals surface area contributed by atoms with Gasteiger partial charge in [0, 0.05) is 47.7 Å². The van der Waals surface area contributed by atoms with E-state index in [0.717, 1.165) is 11.1 Å². The van der Waals surface area contributed by atoms with Crippen LogP contribution in [0.25, 0.3) is 11.1 Å². The molecule has 6 nitrogen and oxygen atoms in total. The molecule has 172 valence electrons. The summed E-state index contributed by atoms with van der Waals surface area (Å²) in [5, 5.41) is 11.0. The maximum Gasteiger partial charge on any atom is 0.310 e. The lowest BCUT2D eigenvalue weighted by molar-refractivity contribution is -0.142. The Hall–Kier alpha value is -3.71. The molecule has 0 spiro atoms. The predicted octanol–water partition coefficient (Wildman–Crippen LogP) is 4.68. The second-order valence-electron chi connectivity index (χ2n) is 7.36. The first-order chi connectivity index (χ1) is 16.0. The van der Waals surface area contributed by atoms with E-state index in [2.05, 4.69) is 5.32 Å². The topological polar surface area (TPSA) is 97.4 Å². The summed E-state index contributed by atoms with van der Waals surface area (Å²) in [6.07, 6.45) is 1.32. The number of carbonyl (C=O) groups excluding carboxylic acids is 1. The second kappa shape index (κ2) is 11.2. The van der Waals surface area contributed by atoms with Gasteiger partial charge in [-0.1, -0.05) is 36.4 Å². The van der Waals surface area contributed by atoms with E-state index in [4.69, 9.17) is 20.6 Å². The minimum Gasteiger partial charge on any atom is -0.489 e. The molecule has 33 heavy (non-hydrogen) atoms. The highest BCUT2D eigenvalue weighted by Crippen LogP contribution is 2.33. The quantitative estimate of drug-likeness (QED) is 0.309. The fourth-order valence-corrected chi connectivity index (χ4v) is 3.65. The van der Waals surface area contributed by atoms with Crippen LogP contribution in [0.1, 0.15) is 29.2 Å². The van der Waals surface area contributed by atoms with Gasteiger partial charge in [-0.3, -0.25) is 4.79 Å². The van der Waals surface area contributed by atoms with E-state index in [1.54, 1.807) is 38.2 Å². The van der Waals surface area contributed by atoms with Gasteiger partial charge in [0.15, 0.2) is 0 Å². The van der Waals surface area contributed by atoms with Crippen molar-refractivity contribution >= 4 is 17.9 Å². The lowest BCUT2D eigenvalue weighted by Gasteiger charge is -2.17. The number of hydrogen-bond acceptors (Lipinski definition) is 6. The van der Waals surface area contributed by atoms with Gasteiger partial charge in [-0.15, -0.1) is 0 Å². The van der Waals surface area contributed by atoms with Crippen molar-refractivity contribution in [2.24, 2.45) is 5.73 Å². The van der Waals surface area contributed by atoms with Gasteiger partial charge in [-0.2, -0.15) is 0 Å². The number of esters is 1. The maximum atomic E-state index is 15.1. The standard InChI is InChI=1S/C26H28FN3O3/c1-3-32-25(31)13-18-7-4-5-10-24(18)33-16-17-11-21(22(15-29)23(12-17)30-2)20-9-6-8-19(14-28)26(20)27/h4-12,15,29-30H,3,13-14,16,28H2,1-2H3. The summed E-state index contributed by atoms with van der Waals surface area (Å²) in [5.74, 6) is -0.146. The molecule has 0 unspecified atom stereocenters. The highest BCUT2D eigenvalue weighted by atomic mass is 19.1. The number of hydrogen-bond donors (Lipinski definition) is 3. The SMILES string of the molecule is CCOC(=O)Cc1ccccc1OCc1cc(NC)c(C=N)c(-c2cccc(CN)c2F)c1. The second-order valence-corrected chi connectivity index (χ2v) is 7.36. The summed E-state index contributed by atoms with van der Waals surface area (Å²) < 4.78 is 26.2. The molecular weight excluding hydrogens is 421 g/mol. The summed E-state index contributed by atoms with van der Waals surface area (Å²) in [7, 11) is 1.75. The number of nitrogens with one attached hydrogen (secondary N) is 2. The summed E-state index contributed by atoms with van der Waals surface area (Å²) in [6, 6.07) is 16.0. The number of ether oxygens (including phenoxy) is 2. The van der Waals surface area contributed by atoms with Crippen molar-refractivity contribution in [3.63, 3.8) is 0 Å². The average Bonchev–Trinajstić information content (AvgIpc) is 2.83. The third-order valence-corrected chi connectivity index (χ3v) is 5.25. The van der Waals surface area contributed by atoms with Crippen LogP contribution in [-0.2, 0) is 29.1 Å². The van der Waals surface area contributed by atoms with Crippen molar-refractivity contribution in [1.29, 1.82) is 5.41 Å². The average molecular weight is 450 g/mol. The Kier molecular flexibility index (Phi) is 8.16. The zero-order valence-corrected chi connectivity index (χ0v) is 18.8. The summed E-state index contributed by atoms with van der Waals surface area (Å²) >= 11 is 0. The Morgan fingerprint density at radius 2 is 1.88 bits per heavy atom. The molecule has 0 saturated heterocycles. The van der Waals surface area contributed by atoms with E-state index in [1.807, 2.05) is 30.3 Å². The van der Waals surface area contributed by atoms with Crippen LogP contribution in [0.2, 0.25) is 0 Å². The predicted molar refractivity (Wildman–Crippen MR) is 128 cm³/mol. The van der Waals surface area contributed by atoms with Crippen molar-refractivity contribution in [3.05, 3.63) is 82.7 Å². The molecule has 0 fully saturated rings. The highest BCUT2D eigenvalue weighted by molar-refractivity contribution is 5.96. The molecule has 0 aromatic heterocycles. The first kappa shape index (κ1) is 23.9. The monoisotopic (exact) mass is 449 g/mol. The molecule has 0 heterocycles. The number of rotatable bonds is 10. The van der Waals surface area contributed by atoms with Crippen molar-refractivity contribution in [2.45, 2.75) is 26.5 Å². The van der Waals surface area contributed by atoms with Gasteiger partial charge in [0.25, 0.3) is 0 Å². The van der Waals surface area contributed by atoms with Gasteiger partial charge in [0.05, 0.1) is 13.0 Å². The lowest BCUT2D eigenvalue weighted by atomic mass is 9.94. The molecule has 0 radical (unpaired) electrons. The van der Waals surface area contributed by atoms with Crippen LogP contribution in [-0.4, -0.2) is 25.8 Å².